The lowest BCUT2D eigenvalue weighted by Crippen LogP contribution is -2.30. The van der Waals surface area contributed by atoms with Crippen molar-refractivity contribution in [2.24, 2.45) is 0 Å². The van der Waals surface area contributed by atoms with E-state index in [0.29, 0.717) is 11.5 Å². The van der Waals surface area contributed by atoms with Crippen LogP contribution in [0.5, 0.6) is 0 Å². The Bertz CT molecular complexity index is 1350. The second-order valence-corrected chi connectivity index (χ2v) is 8.31. The molecule has 152 valence electrons. The van der Waals surface area contributed by atoms with E-state index in [1.165, 1.54) is 0 Å². The van der Waals surface area contributed by atoms with Crippen molar-refractivity contribution >= 4 is 27.2 Å². The minimum atomic E-state index is -0.340. The number of anilines is 1. The van der Waals surface area contributed by atoms with Gasteiger partial charge in [-0.3, -0.25) is 4.79 Å². The highest BCUT2D eigenvalue weighted by Crippen LogP contribution is 2.37. The Morgan fingerprint density at radius 2 is 1.74 bits per heavy atom. The normalized spacial score (nSPS) is 15.0. The first-order valence-electron chi connectivity index (χ1n) is 9.97. The van der Waals surface area contributed by atoms with E-state index in [-0.39, 0.29) is 11.7 Å². The lowest BCUT2D eigenvalue weighted by Gasteiger charge is -2.29. The highest BCUT2D eigenvalue weighted by molar-refractivity contribution is 9.10. The number of nitrogens with one attached hydrogen (secondary N) is 1. The Labute approximate surface area is 188 Å². The van der Waals surface area contributed by atoms with Crippen molar-refractivity contribution in [3.05, 3.63) is 105 Å². The van der Waals surface area contributed by atoms with Crippen molar-refractivity contribution in [1.29, 1.82) is 0 Å². The number of benzene rings is 3. The van der Waals surface area contributed by atoms with Crippen LogP contribution in [-0.4, -0.2) is 14.8 Å². The van der Waals surface area contributed by atoms with Crippen LogP contribution in [0.15, 0.2) is 94.2 Å². The molecule has 0 bridgehead atoms. The number of hydrogen-bond donors (Lipinski definition) is 1. The van der Waals surface area contributed by atoms with Crippen molar-refractivity contribution in [1.82, 2.24) is 14.8 Å². The molecule has 0 radical (unpaired) electrons. The van der Waals surface area contributed by atoms with Gasteiger partial charge in [-0.25, -0.2) is 4.68 Å². The van der Waals surface area contributed by atoms with Crippen LogP contribution in [0.1, 0.15) is 18.7 Å². The highest BCUT2D eigenvalue weighted by atomic mass is 79.9. The van der Waals surface area contributed by atoms with Gasteiger partial charge in [-0.15, -0.1) is 0 Å². The Hall–Kier alpha value is -3.51. The van der Waals surface area contributed by atoms with Crippen LogP contribution < -0.4 is 10.9 Å². The summed E-state index contributed by atoms with van der Waals surface area (Å²) < 4.78 is 2.71. The summed E-state index contributed by atoms with van der Waals surface area (Å²) in [5.41, 5.74) is 4.72. The van der Waals surface area contributed by atoms with Gasteiger partial charge in [-0.2, -0.15) is 10.1 Å². The molecule has 1 N–H and O–H groups in total. The zero-order valence-electron chi connectivity index (χ0n) is 16.8. The summed E-state index contributed by atoms with van der Waals surface area (Å²) in [4.78, 5) is 17.4. The highest BCUT2D eigenvalue weighted by Gasteiger charge is 2.26. The van der Waals surface area contributed by atoms with E-state index in [9.17, 15) is 4.79 Å². The number of rotatable bonds is 3. The zero-order chi connectivity index (χ0) is 21.4. The first-order chi connectivity index (χ1) is 15.1. The summed E-state index contributed by atoms with van der Waals surface area (Å²) in [5.74, 6) is 0.543. The van der Waals surface area contributed by atoms with Gasteiger partial charge in [0, 0.05) is 21.3 Å². The second-order valence-electron chi connectivity index (χ2n) is 7.39. The van der Waals surface area contributed by atoms with E-state index in [0.717, 1.165) is 32.4 Å². The molecule has 6 heteroatoms. The maximum Gasteiger partial charge on any atom is 0.300 e. The maximum absolute atomic E-state index is 12.9. The van der Waals surface area contributed by atoms with Gasteiger partial charge in [0.25, 0.3) is 5.56 Å². The Kier molecular flexibility index (Phi) is 5.00. The molecule has 3 aromatic carbocycles. The molecule has 1 aliphatic rings. The lowest BCUT2D eigenvalue weighted by atomic mass is 10.0. The summed E-state index contributed by atoms with van der Waals surface area (Å²) in [7, 11) is 0. The molecular formula is C25H19BrN4O. The zero-order valence-corrected chi connectivity index (χ0v) is 18.4. The van der Waals surface area contributed by atoms with Crippen LogP contribution in [0.2, 0.25) is 0 Å². The summed E-state index contributed by atoms with van der Waals surface area (Å²) in [6.07, 6.45) is 1.82. The predicted molar refractivity (Wildman–Crippen MR) is 128 cm³/mol. The Balaban J connectivity index is 1.71. The van der Waals surface area contributed by atoms with Crippen LogP contribution in [0.3, 0.4) is 0 Å². The van der Waals surface area contributed by atoms with Crippen LogP contribution >= 0.6 is 15.9 Å². The molecule has 0 amide bonds. The van der Waals surface area contributed by atoms with E-state index < -0.39 is 0 Å². The number of allylic oxidation sites excluding steroid dienone is 1. The molecule has 2 heterocycles. The van der Waals surface area contributed by atoms with Crippen LogP contribution in [0.25, 0.3) is 28.2 Å². The number of fused-ring (bicyclic) bond motifs is 3. The van der Waals surface area contributed by atoms with Crippen molar-refractivity contribution in [2.45, 2.75) is 13.1 Å². The van der Waals surface area contributed by atoms with Gasteiger partial charge >= 0.3 is 0 Å². The first kappa shape index (κ1) is 19.5. The number of nitrogens with zero attached hydrogens (tertiary/aromatic N) is 3. The summed E-state index contributed by atoms with van der Waals surface area (Å²) >= 11 is 3.52. The topological polar surface area (TPSA) is 59.8 Å². The lowest BCUT2D eigenvalue weighted by molar-refractivity contribution is 0.564. The first-order valence-corrected chi connectivity index (χ1v) is 10.8. The summed E-state index contributed by atoms with van der Waals surface area (Å²) in [6.45, 7) is 2.07. The molecule has 31 heavy (non-hydrogen) atoms. The third kappa shape index (κ3) is 3.70. The molecule has 0 saturated heterocycles. The Morgan fingerprint density at radius 1 is 1.03 bits per heavy atom. The SMILES string of the molecule is CC(=CC1Nc2ccc(Br)cc2-c2nc(=O)c(-c3ccccc3)nn21)c1ccccc1. The van der Waals surface area contributed by atoms with Crippen molar-refractivity contribution < 1.29 is 0 Å². The number of aromatic nitrogens is 3. The molecule has 0 saturated carbocycles. The molecule has 1 unspecified atom stereocenters. The molecule has 4 aromatic rings. The van der Waals surface area contributed by atoms with E-state index in [4.69, 9.17) is 5.10 Å². The van der Waals surface area contributed by atoms with Gasteiger partial charge in [-0.1, -0.05) is 76.6 Å². The molecule has 1 aromatic heterocycles. The van der Waals surface area contributed by atoms with E-state index in [2.05, 4.69) is 51.4 Å². The van der Waals surface area contributed by atoms with E-state index in [1.54, 1.807) is 4.68 Å². The summed E-state index contributed by atoms with van der Waals surface area (Å²) in [6, 6.07) is 25.5. The smallest absolute Gasteiger partial charge is 0.300 e. The second kappa shape index (κ2) is 7.96. The minimum absolute atomic E-state index is 0.292. The molecule has 0 spiro atoms. The maximum atomic E-state index is 12.9. The van der Waals surface area contributed by atoms with Gasteiger partial charge in [0.1, 0.15) is 6.17 Å². The molecule has 0 fully saturated rings. The molecule has 5 nitrogen and oxygen atoms in total. The van der Waals surface area contributed by atoms with Gasteiger partial charge < -0.3 is 5.32 Å². The number of hydrogen-bond acceptors (Lipinski definition) is 4. The molecular weight excluding hydrogens is 452 g/mol. The van der Waals surface area contributed by atoms with Crippen LogP contribution in [-0.2, 0) is 0 Å². The Morgan fingerprint density at radius 3 is 2.48 bits per heavy atom. The van der Waals surface area contributed by atoms with Crippen molar-refractivity contribution in [3.63, 3.8) is 0 Å². The van der Waals surface area contributed by atoms with E-state index in [1.807, 2.05) is 66.7 Å². The van der Waals surface area contributed by atoms with Crippen LogP contribution in [0.4, 0.5) is 5.69 Å². The van der Waals surface area contributed by atoms with Gasteiger partial charge in [-0.05, 0) is 42.3 Å². The fourth-order valence-electron chi connectivity index (χ4n) is 3.75. The monoisotopic (exact) mass is 470 g/mol. The predicted octanol–water partition coefficient (Wildman–Crippen LogP) is 5.76. The fraction of sp³-hybridized carbons (Fsp3) is 0.0800. The minimum Gasteiger partial charge on any atom is -0.360 e. The third-order valence-corrected chi connectivity index (χ3v) is 5.80. The fourth-order valence-corrected chi connectivity index (χ4v) is 4.11. The quantitative estimate of drug-likeness (QED) is 0.413. The molecule has 5 rings (SSSR count). The van der Waals surface area contributed by atoms with Gasteiger partial charge in [0.15, 0.2) is 11.5 Å². The van der Waals surface area contributed by atoms with Crippen molar-refractivity contribution in [3.8, 4) is 22.6 Å². The van der Waals surface area contributed by atoms with Gasteiger partial charge in [0.05, 0.1) is 0 Å². The van der Waals surface area contributed by atoms with Gasteiger partial charge in [0.2, 0.25) is 0 Å². The average molecular weight is 471 g/mol. The molecule has 0 aliphatic carbocycles. The largest absolute Gasteiger partial charge is 0.360 e. The number of halogens is 1. The summed E-state index contributed by atoms with van der Waals surface area (Å²) in [5, 5.41) is 8.30. The average Bonchev–Trinajstić information content (AvgIpc) is 2.80. The van der Waals surface area contributed by atoms with Crippen LogP contribution in [0, 0.1) is 0 Å². The molecule has 1 aliphatic heterocycles. The third-order valence-electron chi connectivity index (χ3n) is 5.31. The van der Waals surface area contributed by atoms with Crippen molar-refractivity contribution in [2.75, 3.05) is 5.32 Å². The standard InChI is InChI=1S/C25H19BrN4O/c1-16(17-8-4-2-5-9-17)14-22-27-21-13-12-19(26)15-20(21)24-28-25(31)23(29-30(22)24)18-10-6-3-7-11-18/h2-15,22,27H,1H3. The molecule has 1 atom stereocenters. The van der Waals surface area contributed by atoms with E-state index >= 15 is 0 Å².